The summed E-state index contributed by atoms with van der Waals surface area (Å²) < 4.78 is 9.42. The molecule has 0 spiro atoms. The molecule has 0 saturated heterocycles. The minimum atomic E-state index is -0.0297. The highest BCUT2D eigenvalue weighted by Gasteiger charge is 2.31. The van der Waals surface area contributed by atoms with Crippen molar-refractivity contribution in [1.82, 2.24) is 9.55 Å². The van der Waals surface area contributed by atoms with E-state index in [9.17, 15) is 0 Å². The number of para-hydroxylation sites is 1. The molecule has 0 N–H and O–H groups in total. The highest BCUT2D eigenvalue weighted by atomic mass is 16.5. The third-order valence-corrected chi connectivity index (χ3v) is 14.3. The molecule has 9 aromatic rings. The zero-order valence-electron chi connectivity index (χ0n) is 43.2. The van der Waals surface area contributed by atoms with Gasteiger partial charge in [-0.05, 0) is 145 Å². The summed E-state index contributed by atoms with van der Waals surface area (Å²) in [6.07, 6.45) is 1.94. The number of rotatable bonds is 10. The van der Waals surface area contributed by atoms with Gasteiger partial charge in [0.05, 0.1) is 22.4 Å². The Morgan fingerprint density at radius 1 is 0.471 bits per heavy atom. The first-order valence-corrected chi connectivity index (χ1v) is 25.3. The topological polar surface area (TPSA) is 33.5 Å². The Morgan fingerprint density at radius 3 is 1.83 bits per heavy atom. The highest BCUT2D eigenvalue weighted by molar-refractivity contribution is 6.09. The van der Waals surface area contributed by atoms with E-state index < -0.39 is 0 Å². The van der Waals surface area contributed by atoms with Gasteiger partial charge in [-0.15, -0.1) is 0 Å². The second-order valence-electron chi connectivity index (χ2n) is 22.4. The van der Waals surface area contributed by atoms with E-state index in [0.717, 1.165) is 45.0 Å². The summed E-state index contributed by atoms with van der Waals surface area (Å²) in [6, 6.07) is 58.3. The number of nitrogens with zero attached hydrogens (tertiary/aromatic N) is 4. The third kappa shape index (κ3) is 8.65. The van der Waals surface area contributed by atoms with Crippen molar-refractivity contribution >= 4 is 44.6 Å². The lowest BCUT2D eigenvalue weighted by Crippen LogP contribution is -2.24. The molecule has 3 heterocycles. The maximum atomic E-state index is 7.13. The van der Waals surface area contributed by atoms with Crippen LogP contribution in [0.1, 0.15) is 129 Å². The lowest BCUT2D eigenvalue weighted by Gasteiger charge is -2.25. The summed E-state index contributed by atoms with van der Waals surface area (Å²) >= 11 is 0. The monoisotopic (exact) mass is 921 g/mol. The lowest BCUT2D eigenvalue weighted by atomic mass is 9.85. The SMILES string of the molecule is CC(C)c1ccccc1-c1cc(Oc2ccc3c4ccccc4n(-c4cc(C(C)(C)C)ccn4)c3c2)cc(N2CN(c3cccc(-c4c(C(C)C)cccc4C(C)C)c3)c3cc(C(C)(C)C)ccc32)c1. The van der Waals surface area contributed by atoms with Crippen LogP contribution in [0.25, 0.3) is 49.9 Å². The number of hydrogen-bond donors (Lipinski definition) is 0. The molecule has 10 rings (SSSR count). The van der Waals surface area contributed by atoms with Crippen molar-refractivity contribution in [3.63, 3.8) is 0 Å². The standard InChI is InChI=1S/C65H68N4O/c1-41(2)52-21-13-14-22-55(52)45-34-49(38-51(35-45)70-50-28-29-57-56-23-15-16-26-58(56)69(60(57)39-50)62-37-47(31-32-66-62)65(10,11)12)68-40-67(61-36-46(64(7,8)9)27-30-59(61)68)48-20-17-19-44(33-48)63-53(42(3)4)24-18-25-54(63)43(5)6/h13-39,41-43H,40H2,1-12H3. The van der Waals surface area contributed by atoms with E-state index in [1.54, 1.807) is 0 Å². The first-order chi connectivity index (χ1) is 33.4. The molecule has 1 aliphatic heterocycles. The zero-order chi connectivity index (χ0) is 49.2. The van der Waals surface area contributed by atoms with Crippen molar-refractivity contribution in [2.24, 2.45) is 0 Å². The Morgan fingerprint density at radius 2 is 1.10 bits per heavy atom. The van der Waals surface area contributed by atoms with Crippen LogP contribution < -0.4 is 14.5 Å². The third-order valence-electron chi connectivity index (χ3n) is 14.3. The van der Waals surface area contributed by atoms with Crippen molar-refractivity contribution in [2.45, 2.75) is 112 Å². The molecule has 5 nitrogen and oxygen atoms in total. The van der Waals surface area contributed by atoms with Gasteiger partial charge < -0.3 is 14.5 Å². The largest absolute Gasteiger partial charge is 0.457 e. The summed E-state index contributed by atoms with van der Waals surface area (Å²) in [5.74, 6) is 3.57. The average molecular weight is 921 g/mol. The van der Waals surface area contributed by atoms with Gasteiger partial charge in [-0.2, -0.15) is 0 Å². The van der Waals surface area contributed by atoms with Gasteiger partial charge in [-0.1, -0.05) is 162 Å². The quantitative estimate of drug-likeness (QED) is 0.137. The molecule has 0 unspecified atom stereocenters. The number of ether oxygens (including phenoxy) is 1. The zero-order valence-corrected chi connectivity index (χ0v) is 43.2. The fourth-order valence-corrected chi connectivity index (χ4v) is 10.5. The van der Waals surface area contributed by atoms with Crippen molar-refractivity contribution in [1.29, 1.82) is 0 Å². The van der Waals surface area contributed by atoms with E-state index in [4.69, 9.17) is 9.72 Å². The van der Waals surface area contributed by atoms with Crippen molar-refractivity contribution in [3.05, 3.63) is 192 Å². The smallest absolute Gasteiger partial charge is 0.137 e. The van der Waals surface area contributed by atoms with Gasteiger partial charge in [0.1, 0.15) is 24.0 Å². The van der Waals surface area contributed by atoms with Gasteiger partial charge >= 0.3 is 0 Å². The van der Waals surface area contributed by atoms with E-state index in [2.05, 4.69) is 255 Å². The minimum Gasteiger partial charge on any atom is -0.457 e. The van der Waals surface area contributed by atoms with Gasteiger partial charge in [0, 0.05) is 40.5 Å². The molecule has 0 atom stereocenters. The van der Waals surface area contributed by atoms with E-state index in [-0.39, 0.29) is 10.8 Å². The molecule has 0 saturated carbocycles. The maximum absolute atomic E-state index is 7.13. The van der Waals surface area contributed by atoms with Crippen LogP contribution in [0.2, 0.25) is 0 Å². The van der Waals surface area contributed by atoms with E-state index >= 15 is 0 Å². The van der Waals surface area contributed by atoms with Gasteiger partial charge in [0.15, 0.2) is 0 Å². The average Bonchev–Trinajstić information content (AvgIpc) is 3.89. The van der Waals surface area contributed by atoms with Crippen molar-refractivity contribution in [3.8, 4) is 39.6 Å². The van der Waals surface area contributed by atoms with Gasteiger partial charge in [-0.25, -0.2) is 4.98 Å². The molecule has 1 aliphatic rings. The summed E-state index contributed by atoms with van der Waals surface area (Å²) in [7, 11) is 0. The Hall–Kier alpha value is -7.11. The van der Waals surface area contributed by atoms with E-state index in [1.165, 1.54) is 67.0 Å². The molecule has 0 fully saturated rings. The van der Waals surface area contributed by atoms with Crippen LogP contribution in [0.15, 0.2) is 164 Å². The molecule has 70 heavy (non-hydrogen) atoms. The van der Waals surface area contributed by atoms with Crippen LogP contribution in [-0.4, -0.2) is 16.2 Å². The lowest BCUT2D eigenvalue weighted by molar-refractivity contribution is 0.483. The highest BCUT2D eigenvalue weighted by Crippen LogP contribution is 2.49. The second-order valence-corrected chi connectivity index (χ2v) is 22.4. The molecule has 0 radical (unpaired) electrons. The van der Waals surface area contributed by atoms with Gasteiger partial charge in [0.2, 0.25) is 0 Å². The number of aromatic nitrogens is 2. The van der Waals surface area contributed by atoms with Crippen molar-refractivity contribution in [2.75, 3.05) is 16.5 Å². The number of fused-ring (bicyclic) bond motifs is 4. The predicted molar refractivity (Wildman–Crippen MR) is 298 cm³/mol. The number of pyridine rings is 1. The normalized spacial score (nSPS) is 13.1. The first-order valence-electron chi connectivity index (χ1n) is 25.3. The molecule has 0 amide bonds. The minimum absolute atomic E-state index is 0.0232. The fourth-order valence-electron chi connectivity index (χ4n) is 10.5. The predicted octanol–water partition coefficient (Wildman–Crippen LogP) is 18.5. The van der Waals surface area contributed by atoms with E-state index in [1.807, 2.05) is 6.20 Å². The van der Waals surface area contributed by atoms with Crippen LogP contribution in [-0.2, 0) is 10.8 Å². The number of hydrogen-bond acceptors (Lipinski definition) is 4. The molecule has 354 valence electrons. The summed E-state index contributed by atoms with van der Waals surface area (Å²) in [6.45, 7) is 28.1. The Kier molecular flexibility index (Phi) is 12.0. The summed E-state index contributed by atoms with van der Waals surface area (Å²) in [5, 5.41) is 2.34. The second kappa shape index (κ2) is 18.0. The summed E-state index contributed by atoms with van der Waals surface area (Å²) in [5.41, 5.74) is 18.3. The molecule has 2 aromatic heterocycles. The summed E-state index contributed by atoms with van der Waals surface area (Å²) in [4.78, 5) is 9.93. The number of anilines is 4. The van der Waals surface area contributed by atoms with Gasteiger partial charge in [-0.3, -0.25) is 4.57 Å². The van der Waals surface area contributed by atoms with Crippen molar-refractivity contribution < 1.29 is 4.74 Å². The van der Waals surface area contributed by atoms with Crippen LogP contribution in [0.4, 0.5) is 22.7 Å². The number of benzene rings is 7. The molecule has 7 aromatic carbocycles. The van der Waals surface area contributed by atoms with Crippen LogP contribution in [0.3, 0.4) is 0 Å². The van der Waals surface area contributed by atoms with Crippen LogP contribution in [0.5, 0.6) is 11.5 Å². The van der Waals surface area contributed by atoms with E-state index in [0.29, 0.717) is 24.4 Å². The van der Waals surface area contributed by atoms with Gasteiger partial charge in [0.25, 0.3) is 0 Å². The maximum Gasteiger partial charge on any atom is 0.137 e. The Labute approximate surface area is 416 Å². The first kappa shape index (κ1) is 46.6. The molecule has 0 aliphatic carbocycles. The molecule has 5 heteroatoms. The van der Waals surface area contributed by atoms with Crippen LogP contribution in [0, 0.1) is 0 Å². The molecule has 0 bridgehead atoms. The Bertz CT molecular complexity index is 3390. The molecular formula is C65H68N4O. The molecular weight excluding hydrogens is 853 g/mol. The fraction of sp³-hybridized carbons (Fsp3) is 0.277. The van der Waals surface area contributed by atoms with Crippen LogP contribution >= 0.6 is 0 Å². The Balaban J connectivity index is 1.12.